The zero-order valence-electron chi connectivity index (χ0n) is 16.6. The van der Waals surface area contributed by atoms with Crippen LogP contribution < -0.4 is 4.74 Å². The molecule has 0 heterocycles. The Balaban J connectivity index is 1.99. The molecule has 0 aliphatic carbocycles. The van der Waals surface area contributed by atoms with Crippen LogP contribution in [0.3, 0.4) is 0 Å². The van der Waals surface area contributed by atoms with Gasteiger partial charge >= 0.3 is 5.97 Å². The van der Waals surface area contributed by atoms with E-state index in [-0.39, 0.29) is 18.3 Å². The van der Waals surface area contributed by atoms with E-state index in [1.165, 1.54) is 64.9 Å². The highest BCUT2D eigenvalue weighted by molar-refractivity contribution is 5.69. The van der Waals surface area contributed by atoms with E-state index in [2.05, 4.69) is 6.92 Å². The van der Waals surface area contributed by atoms with E-state index in [1.54, 1.807) is 18.2 Å². The van der Waals surface area contributed by atoms with Gasteiger partial charge in [-0.05, 0) is 24.1 Å². The Morgan fingerprint density at radius 1 is 0.923 bits per heavy atom. The van der Waals surface area contributed by atoms with Crippen molar-refractivity contribution >= 4 is 5.97 Å². The number of ether oxygens (including phenoxy) is 2. The number of aromatic hydroxyl groups is 1. The summed E-state index contributed by atoms with van der Waals surface area (Å²) in [5.74, 6) is 0.320. The zero-order valence-corrected chi connectivity index (χ0v) is 16.6. The molecule has 0 bridgehead atoms. The van der Waals surface area contributed by atoms with Gasteiger partial charge in [-0.2, -0.15) is 0 Å². The zero-order chi connectivity index (χ0) is 19.0. The number of rotatable bonds is 15. The van der Waals surface area contributed by atoms with Crippen LogP contribution in [0.15, 0.2) is 18.2 Å². The Labute approximate surface area is 158 Å². The number of carbonyl (C=O) groups is 1. The average molecular weight is 365 g/mol. The van der Waals surface area contributed by atoms with Crippen molar-refractivity contribution in [3.05, 3.63) is 23.8 Å². The third-order valence-electron chi connectivity index (χ3n) is 4.63. The largest absolute Gasteiger partial charge is 0.504 e. The van der Waals surface area contributed by atoms with Crippen molar-refractivity contribution in [1.29, 1.82) is 0 Å². The van der Waals surface area contributed by atoms with Crippen LogP contribution in [0.1, 0.15) is 89.5 Å². The average Bonchev–Trinajstić information content (AvgIpc) is 2.65. The second-order valence-electron chi connectivity index (χ2n) is 6.95. The van der Waals surface area contributed by atoms with E-state index in [1.807, 2.05) is 0 Å². The maximum absolute atomic E-state index is 11.8. The van der Waals surface area contributed by atoms with Gasteiger partial charge in [0.05, 0.1) is 7.11 Å². The SMILES string of the molecule is CCCCCCCCCCCCCC(=O)OCc1ccc(O)c(OC)c1. The second kappa shape index (κ2) is 14.5. The number of benzene rings is 1. The molecule has 0 aromatic heterocycles. The minimum absolute atomic E-state index is 0.0866. The predicted octanol–water partition coefficient (Wildman–Crippen LogP) is 6.15. The molecule has 1 aromatic carbocycles. The van der Waals surface area contributed by atoms with Gasteiger partial charge in [0.25, 0.3) is 0 Å². The van der Waals surface area contributed by atoms with Crippen molar-refractivity contribution in [1.82, 2.24) is 0 Å². The maximum Gasteiger partial charge on any atom is 0.306 e. The Bertz CT molecular complexity index is 499. The maximum atomic E-state index is 11.8. The molecule has 0 saturated carbocycles. The van der Waals surface area contributed by atoms with Crippen LogP contribution in [-0.2, 0) is 16.1 Å². The summed E-state index contributed by atoms with van der Waals surface area (Å²) in [7, 11) is 1.50. The van der Waals surface area contributed by atoms with E-state index in [9.17, 15) is 9.90 Å². The van der Waals surface area contributed by atoms with Crippen LogP contribution in [0, 0.1) is 0 Å². The van der Waals surface area contributed by atoms with E-state index >= 15 is 0 Å². The minimum atomic E-state index is -0.159. The smallest absolute Gasteiger partial charge is 0.306 e. The van der Waals surface area contributed by atoms with Gasteiger partial charge in [0.1, 0.15) is 6.61 Å². The fraction of sp³-hybridized carbons (Fsp3) is 0.682. The fourth-order valence-electron chi connectivity index (χ4n) is 2.98. The number of hydrogen-bond acceptors (Lipinski definition) is 4. The van der Waals surface area contributed by atoms with Gasteiger partial charge in [0.15, 0.2) is 11.5 Å². The molecule has 0 saturated heterocycles. The summed E-state index contributed by atoms with van der Waals surface area (Å²) in [4.78, 5) is 11.8. The van der Waals surface area contributed by atoms with Gasteiger partial charge in [-0.3, -0.25) is 4.79 Å². The highest BCUT2D eigenvalue weighted by atomic mass is 16.5. The topological polar surface area (TPSA) is 55.8 Å². The third kappa shape index (κ3) is 10.3. The molecule has 0 aliphatic rings. The summed E-state index contributed by atoms with van der Waals surface area (Å²) in [5, 5.41) is 9.55. The number of carbonyl (C=O) groups excluding carboxylic acids is 1. The Kier molecular flexibility index (Phi) is 12.4. The molecule has 4 nitrogen and oxygen atoms in total. The first kappa shape index (κ1) is 22.3. The first-order valence-electron chi connectivity index (χ1n) is 10.2. The quantitative estimate of drug-likeness (QED) is 0.300. The standard InChI is InChI=1S/C22H36O4/c1-3-4-5-6-7-8-9-10-11-12-13-14-22(24)26-18-19-15-16-20(23)21(17-19)25-2/h15-17,23H,3-14,18H2,1-2H3. The summed E-state index contributed by atoms with van der Waals surface area (Å²) in [6.07, 6.45) is 14.4. The fourth-order valence-corrected chi connectivity index (χ4v) is 2.98. The highest BCUT2D eigenvalue weighted by Gasteiger charge is 2.06. The Hall–Kier alpha value is -1.71. The van der Waals surface area contributed by atoms with Gasteiger partial charge in [-0.1, -0.05) is 77.2 Å². The monoisotopic (exact) mass is 364 g/mol. The number of hydrogen-bond donors (Lipinski definition) is 1. The van der Waals surface area contributed by atoms with Crippen LogP contribution >= 0.6 is 0 Å². The van der Waals surface area contributed by atoms with Gasteiger partial charge < -0.3 is 14.6 Å². The van der Waals surface area contributed by atoms with Crippen molar-refractivity contribution in [3.63, 3.8) is 0 Å². The van der Waals surface area contributed by atoms with Gasteiger partial charge in [0, 0.05) is 6.42 Å². The van der Waals surface area contributed by atoms with Crippen LogP contribution in [0.5, 0.6) is 11.5 Å². The molecular weight excluding hydrogens is 328 g/mol. The molecule has 1 aromatic rings. The van der Waals surface area contributed by atoms with E-state index in [0.717, 1.165) is 18.4 Å². The van der Waals surface area contributed by atoms with Crippen molar-refractivity contribution in [2.45, 2.75) is 90.6 Å². The van der Waals surface area contributed by atoms with Crippen LogP contribution in [0.2, 0.25) is 0 Å². The Morgan fingerprint density at radius 3 is 2.08 bits per heavy atom. The van der Waals surface area contributed by atoms with Gasteiger partial charge in [0.2, 0.25) is 0 Å². The van der Waals surface area contributed by atoms with Crippen LogP contribution in [0.25, 0.3) is 0 Å². The van der Waals surface area contributed by atoms with Crippen molar-refractivity contribution < 1.29 is 19.4 Å². The number of methoxy groups -OCH3 is 1. The highest BCUT2D eigenvalue weighted by Crippen LogP contribution is 2.26. The van der Waals surface area contributed by atoms with Crippen LogP contribution in [-0.4, -0.2) is 18.2 Å². The number of esters is 1. The molecule has 0 unspecified atom stereocenters. The first-order chi connectivity index (χ1) is 12.7. The predicted molar refractivity (Wildman–Crippen MR) is 106 cm³/mol. The molecule has 0 atom stereocenters. The number of phenolic OH excluding ortho intramolecular Hbond substituents is 1. The van der Waals surface area contributed by atoms with Crippen molar-refractivity contribution in [2.75, 3.05) is 7.11 Å². The van der Waals surface area contributed by atoms with E-state index < -0.39 is 0 Å². The Morgan fingerprint density at radius 2 is 1.50 bits per heavy atom. The van der Waals surface area contributed by atoms with Gasteiger partial charge in [-0.15, -0.1) is 0 Å². The molecule has 0 radical (unpaired) electrons. The van der Waals surface area contributed by atoms with E-state index in [4.69, 9.17) is 9.47 Å². The summed E-state index contributed by atoms with van der Waals surface area (Å²) in [6, 6.07) is 4.96. The molecule has 0 aliphatic heterocycles. The summed E-state index contributed by atoms with van der Waals surface area (Å²) < 4.78 is 10.3. The molecular formula is C22H36O4. The number of phenols is 1. The summed E-state index contributed by atoms with van der Waals surface area (Å²) in [5.41, 5.74) is 0.812. The molecule has 0 amide bonds. The third-order valence-corrected chi connectivity index (χ3v) is 4.63. The lowest BCUT2D eigenvalue weighted by atomic mass is 10.1. The molecule has 26 heavy (non-hydrogen) atoms. The lowest BCUT2D eigenvalue weighted by Gasteiger charge is -2.08. The molecule has 1 rings (SSSR count). The second-order valence-corrected chi connectivity index (χ2v) is 6.95. The lowest BCUT2D eigenvalue weighted by molar-refractivity contribution is -0.145. The number of unbranched alkanes of at least 4 members (excludes halogenated alkanes) is 10. The van der Waals surface area contributed by atoms with Crippen molar-refractivity contribution in [3.8, 4) is 11.5 Å². The first-order valence-corrected chi connectivity index (χ1v) is 10.2. The molecule has 0 fully saturated rings. The van der Waals surface area contributed by atoms with Crippen molar-refractivity contribution in [2.24, 2.45) is 0 Å². The van der Waals surface area contributed by atoms with Crippen LogP contribution in [0.4, 0.5) is 0 Å². The molecule has 148 valence electrons. The molecule has 0 spiro atoms. The molecule has 4 heteroatoms. The minimum Gasteiger partial charge on any atom is -0.504 e. The summed E-state index contributed by atoms with van der Waals surface area (Å²) in [6.45, 7) is 2.47. The normalized spacial score (nSPS) is 10.7. The lowest BCUT2D eigenvalue weighted by Crippen LogP contribution is -2.04. The van der Waals surface area contributed by atoms with Gasteiger partial charge in [-0.25, -0.2) is 0 Å². The van der Waals surface area contributed by atoms with E-state index in [0.29, 0.717) is 12.2 Å². The summed E-state index contributed by atoms with van der Waals surface area (Å²) >= 11 is 0. The molecule has 1 N–H and O–H groups in total.